The molecular weight excluding hydrogens is 208 g/mol. The summed E-state index contributed by atoms with van der Waals surface area (Å²) in [5.41, 5.74) is -1.20. The first-order chi connectivity index (χ1) is 7.37. The minimum absolute atomic E-state index is 0.0503. The molecule has 0 aromatic rings. The van der Waals surface area contributed by atoms with Gasteiger partial charge in [0.25, 0.3) is 0 Å². The zero-order chi connectivity index (χ0) is 12.8. The van der Waals surface area contributed by atoms with Gasteiger partial charge < -0.3 is 10.0 Å². The van der Waals surface area contributed by atoms with Crippen molar-refractivity contribution in [2.75, 3.05) is 19.6 Å². The van der Waals surface area contributed by atoms with Crippen LogP contribution in [0.4, 0.5) is 0 Å². The number of nitrogens with zero attached hydrogens (tertiary/aromatic N) is 1. The van der Waals surface area contributed by atoms with Crippen LogP contribution in [-0.4, -0.2) is 47.1 Å². The third kappa shape index (κ3) is 3.55. The predicted molar refractivity (Wildman–Crippen MR) is 60.8 cm³/mol. The SMILES string of the molecule is C#CCNCC(=O)N(CC)C(C)(C)C(=O)O. The maximum absolute atomic E-state index is 11.7. The van der Waals surface area contributed by atoms with Gasteiger partial charge in [0.05, 0.1) is 13.1 Å². The summed E-state index contributed by atoms with van der Waals surface area (Å²) in [5.74, 6) is 1.04. The van der Waals surface area contributed by atoms with Crippen LogP contribution in [0.25, 0.3) is 0 Å². The standard InChI is InChI=1S/C11H18N2O3/c1-5-7-12-8-9(14)13(6-2)11(3,4)10(15)16/h1,12H,6-8H2,2-4H3,(H,15,16). The van der Waals surface area contributed by atoms with Crippen molar-refractivity contribution in [3.8, 4) is 12.3 Å². The Morgan fingerprint density at radius 1 is 1.50 bits per heavy atom. The van der Waals surface area contributed by atoms with E-state index in [0.29, 0.717) is 6.54 Å². The molecule has 0 saturated heterocycles. The van der Waals surface area contributed by atoms with E-state index in [0.717, 1.165) is 0 Å². The van der Waals surface area contributed by atoms with Crippen LogP contribution in [0, 0.1) is 12.3 Å². The Balaban J connectivity index is 4.56. The number of rotatable bonds is 6. The molecule has 0 aromatic carbocycles. The first-order valence-electron chi connectivity index (χ1n) is 5.06. The fraction of sp³-hybridized carbons (Fsp3) is 0.636. The van der Waals surface area contributed by atoms with Gasteiger partial charge in [0.1, 0.15) is 5.54 Å². The third-order valence-electron chi connectivity index (χ3n) is 2.32. The highest BCUT2D eigenvalue weighted by atomic mass is 16.4. The van der Waals surface area contributed by atoms with Crippen molar-refractivity contribution in [3.05, 3.63) is 0 Å². The van der Waals surface area contributed by atoms with Crippen LogP contribution in [0.2, 0.25) is 0 Å². The molecule has 90 valence electrons. The van der Waals surface area contributed by atoms with Crippen molar-refractivity contribution in [3.63, 3.8) is 0 Å². The average Bonchev–Trinajstić information content (AvgIpc) is 2.18. The van der Waals surface area contributed by atoms with Gasteiger partial charge in [0, 0.05) is 6.54 Å². The lowest BCUT2D eigenvalue weighted by atomic mass is 10.0. The number of carbonyl (C=O) groups is 2. The number of hydrogen-bond donors (Lipinski definition) is 2. The second-order valence-corrected chi connectivity index (χ2v) is 3.81. The highest BCUT2D eigenvalue weighted by molar-refractivity contribution is 5.87. The summed E-state index contributed by atoms with van der Waals surface area (Å²) in [7, 11) is 0. The van der Waals surface area contributed by atoms with Crippen molar-refractivity contribution < 1.29 is 14.7 Å². The molecule has 0 aliphatic rings. The van der Waals surface area contributed by atoms with E-state index in [1.807, 2.05) is 0 Å². The molecule has 0 heterocycles. The molecule has 5 heteroatoms. The Morgan fingerprint density at radius 3 is 2.44 bits per heavy atom. The van der Waals surface area contributed by atoms with Crippen molar-refractivity contribution in [2.45, 2.75) is 26.3 Å². The van der Waals surface area contributed by atoms with Crippen LogP contribution in [-0.2, 0) is 9.59 Å². The molecule has 0 spiro atoms. The summed E-state index contributed by atoms with van der Waals surface area (Å²) in [6.45, 7) is 5.42. The normalized spacial score (nSPS) is 10.6. The van der Waals surface area contributed by atoms with Crippen molar-refractivity contribution in [2.24, 2.45) is 0 Å². The molecule has 2 N–H and O–H groups in total. The maximum Gasteiger partial charge on any atom is 0.329 e. The van der Waals surface area contributed by atoms with E-state index < -0.39 is 11.5 Å². The molecule has 0 atom stereocenters. The average molecular weight is 226 g/mol. The molecule has 16 heavy (non-hydrogen) atoms. The third-order valence-corrected chi connectivity index (χ3v) is 2.32. The number of carboxylic acid groups (broad SMARTS) is 1. The number of nitrogens with one attached hydrogen (secondary N) is 1. The Hall–Kier alpha value is -1.54. The second-order valence-electron chi connectivity index (χ2n) is 3.81. The summed E-state index contributed by atoms with van der Waals surface area (Å²) < 4.78 is 0. The molecule has 0 aliphatic carbocycles. The number of likely N-dealkylation sites (N-methyl/N-ethyl adjacent to an activating group) is 1. The molecule has 0 rings (SSSR count). The first-order valence-corrected chi connectivity index (χ1v) is 5.06. The second kappa shape index (κ2) is 6.13. The largest absolute Gasteiger partial charge is 0.480 e. The van der Waals surface area contributed by atoms with Crippen molar-refractivity contribution in [1.82, 2.24) is 10.2 Å². The highest BCUT2D eigenvalue weighted by Crippen LogP contribution is 2.14. The quantitative estimate of drug-likeness (QED) is 0.491. The van der Waals surface area contributed by atoms with Gasteiger partial charge >= 0.3 is 5.97 Å². The Labute approximate surface area is 95.8 Å². The fourth-order valence-electron chi connectivity index (χ4n) is 1.34. The summed E-state index contributed by atoms with van der Waals surface area (Å²) in [6, 6.07) is 0. The lowest BCUT2D eigenvalue weighted by molar-refractivity contribution is -0.156. The van der Waals surface area contributed by atoms with Crippen LogP contribution in [0.5, 0.6) is 0 Å². The van der Waals surface area contributed by atoms with Crippen LogP contribution in [0.3, 0.4) is 0 Å². The molecular formula is C11H18N2O3. The zero-order valence-electron chi connectivity index (χ0n) is 9.91. The molecule has 0 aromatic heterocycles. The molecule has 0 fully saturated rings. The number of carbonyl (C=O) groups excluding carboxylic acids is 1. The van der Waals surface area contributed by atoms with Gasteiger partial charge in [0.15, 0.2) is 0 Å². The Bertz CT molecular complexity index is 305. The van der Waals surface area contributed by atoms with E-state index >= 15 is 0 Å². The Kier molecular flexibility index (Phi) is 5.54. The van der Waals surface area contributed by atoms with Gasteiger partial charge in [-0.15, -0.1) is 6.42 Å². The van der Waals surface area contributed by atoms with Crippen molar-refractivity contribution in [1.29, 1.82) is 0 Å². The van der Waals surface area contributed by atoms with Crippen LogP contribution in [0.15, 0.2) is 0 Å². The minimum Gasteiger partial charge on any atom is -0.480 e. The fourth-order valence-corrected chi connectivity index (χ4v) is 1.34. The van der Waals surface area contributed by atoms with E-state index in [-0.39, 0.29) is 19.0 Å². The van der Waals surface area contributed by atoms with Gasteiger partial charge in [-0.05, 0) is 20.8 Å². The van der Waals surface area contributed by atoms with E-state index in [9.17, 15) is 9.59 Å². The zero-order valence-corrected chi connectivity index (χ0v) is 9.91. The van der Waals surface area contributed by atoms with Crippen LogP contribution in [0.1, 0.15) is 20.8 Å². The predicted octanol–water partition coefficient (Wildman–Crippen LogP) is -0.0791. The number of amides is 1. The lowest BCUT2D eigenvalue weighted by Crippen LogP contribution is -2.55. The summed E-state index contributed by atoms with van der Waals surface area (Å²) in [5, 5.41) is 11.8. The monoisotopic (exact) mass is 226 g/mol. The number of terminal acetylenes is 1. The molecule has 5 nitrogen and oxygen atoms in total. The maximum atomic E-state index is 11.7. The summed E-state index contributed by atoms with van der Waals surface area (Å²) >= 11 is 0. The van der Waals surface area contributed by atoms with Gasteiger partial charge in [-0.2, -0.15) is 0 Å². The topological polar surface area (TPSA) is 69.6 Å². The van der Waals surface area contributed by atoms with E-state index in [1.165, 1.54) is 18.7 Å². The van der Waals surface area contributed by atoms with Gasteiger partial charge in [-0.25, -0.2) is 4.79 Å². The summed E-state index contributed by atoms with van der Waals surface area (Å²) in [4.78, 5) is 24.0. The molecule has 0 aliphatic heterocycles. The van der Waals surface area contributed by atoms with Crippen LogP contribution >= 0.6 is 0 Å². The van der Waals surface area contributed by atoms with E-state index in [4.69, 9.17) is 11.5 Å². The van der Waals surface area contributed by atoms with Crippen molar-refractivity contribution >= 4 is 11.9 Å². The van der Waals surface area contributed by atoms with Gasteiger partial charge in [-0.3, -0.25) is 10.1 Å². The van der Waals surface area contributed by atoms with Crippen LogP contribution < -0.4 is 5.32 Å². The minimum atomic E-state index is -1.20. The molecule has 0 unspecified atom stereocenters. The molecule has 0 saturated carbocycles. The van der Waals surface area contributed by atoms with Gasteiger partial charge in [0.2, 0.25) is 5.91 Å². The summed E-state index contributed by atoms with van der Waals surface area (Å²) in [6.07, 6.45) is 5.03. The van der Waals surface area contributed by atoms with E-state index in [1.54, 1.807) is 6.92 Å². The number of aliphatic carboxylic acids is 1. The molecule has 0 bridgehead atoms. The van der Waals surface area contributed by atoms with E-state index in [2.05, 4.69) is 11.2 Å². The lowest BCUT2D eigenvalue weighted by Gasteiger charge is -2.34. The molecule has 0 radical (unpaired) electrons. The van der Waals surface area contributed by atoms with Gasteiger partial charge in [-0.1, -0.05) is 5.92 Å². The number of carboxylic acids is 1. The highest BCUT2D eigenvalue weighted by Gasteiger charge is 2.36. The first kappa shape index (κ1) is 14.5. The Morgan fingerprint density at radius 2 is 2.06 bits per heavy atom. The smallest absolute Gasteiger partial charge is 0.329 e. The molecule has 1 amide bonds. The number of hydrogen-bond acceptors (Lipinski definition) is 3.